The molecule has 0 saturated heterocycles. The first-order valence-corrected chi connectivity index (χ1v) is 12.6. The maximum absolute atomic E-state index is 11.5. The Balaban J connectivity index is 1.30. The van der Waals surface area contributed by atoms with Gasteiger partial charge in [-0.2, -0.15) is 0 Å². The fraction of sp³-hybridized carbons (Fsp3) is 0.448. The highest BCUT2D eigenvalue weighted by Gasteiger charge is 2.25. The Labute approximate surface area is 207 Å². The summed E-state index contributed by atoms with van der Waals surface area (Å²) in [6.45, 7) is 5.60. The molecule has 2 aromatic carbocycles. The third kappa shape index (κ3) is 6.59. The van der Waals surface area contributed by atoms with Crippen molar-refractivity contribution in [1.29, 1.82) is 0 Å². The number of oxazole rings is 1. The highest BCUT2D eigenvalue weighted by molar-refractivity contribution is 5.91. The van der Waals surface area contributed by atoms with E-state index in [1.807, 2.05) is 6.07 Å². The van der Waals surface area contributed by atoms with E-state index in [0.29, 0.717) is 42.8 Å². The van der Waals surface area contributed by atoms with E-state index in [2.05, 4.69) is 31.2 Å². The summed E-state index contributed by atoms with van der Waals surface area (Å²) in [5.74, 6) is 1.14. The van der Waals surface area contributed by atoms with E-state index in [1.165, 1.54) is 24.8 Å². The highest BCUT2D eigenvalue weighted by atomic mass is 16.5. The number of aromatic carboxylic acids is 1. The molecule has 4 rings (SSSR count). The van der Waals surface area contributed by atoms with Crippen LogP contribution < -0.4 is 0 Å². The normalized spacial score (nSPS) is 14.3. The van der Waals surface area contributed by atoms with Gasteiger partial charge >= 0.3 is 5.97 Å². The van der Waals surface area contributed by atoms with Crippen LogP contribution in [0.2, 0.25) is 0 Å². The lowest BCUT2D eigenvalue weighted by molar-refractivity contribution is 0.0637. The zero-order chi connectivity index (χ0) is 24.6. The van der Waals surface area contributed by atoms with E-state index >= 15 is 0 Å². The number of ether oxygens (including phenoxy) is 2. The molecule has 1 N–H and O–H groups in total. The Morgan fingerprint density at radius 3 is 2.43 bits per heavy atom. The van der Waals surface area contributed by atoms with Gasteiger partial charge in [-0.1, -0.05) is 55.2 Å². The summed E-state index contributed by atoms with van der Waals surface area (Å²) < 4.78 is 18.0. The fourth-order valence-electron chi connectivity index (χ4n) is 4.74. The van der Waals surface area contributed by atoms with Crippen LogP contribution >= 0.6 is 0 Å². The maximum Gasteiger partial charge on any atom is 0.336 e. The number of rotatable bonds is 11. The van der Waals surface area contributed by atoms with E-state index in [0.717, 1.165) is 41.8 Å². The predicted octanol–water partition coefficient (Wildman–Crippen LogP) is 6.83. The van der Waals surface area contributed by atoms with Gasteiger partial charge in [-0.15, -0.1) is 0 Å². The summed E-state index contributed by atoms with van der Waals surface area (Å²) in [4.78, 5) is 16.3. The molecule has 1 saturated carbocycles. The van der Waals surface area contributed by atoms with Crippen LogP contribution in [0.1, 0.15) is 82.9 Å². The molecule has 3 aromatic rings. The molecule has 1 fully saturated rings. The van der Waals surface area contributed by atoms with Gasteiger partial charge in [0.2, 0.25) is 5.89 Å². The van der Waals surface area contributed by atoms with Gasteiger partial charge in [-0.25, -0.2) is 9.78 Å². The molecule has 1 aromatic heterocycles. The second-order valence-corrected chi connectivity index (χ2v) is 9.40. The number of carboxylic acid groups (broad SMARTS) is 1. The molecule has 0 radical (unpaired) electrons. The van der Waals surface area contributed by atoms with Gasteiger partial charge in [-0.05, 0) is 56.4 Å². The summed E-state index contributed by atoms with van der Waals surface area (Å²) in [5.41, 5.74) is 4.87. The van der Waals surface area contributed by atoms with E-state index in [-0.39, 0.29) is 6.61 Å². The first kappa shape index (κ1) is 25.1. The van der Waals surface area contributed by atoms with E-state index in [9.17, 15) is 9.90 Å². The number of hydrogen-bond acceptors (Lipinski definition) is 5. The molecule has 1 heterocycles. The number of nitrogens with zero attached hydrogens (tertiary/aromatic N) is 1. The molecule has 0 bridgehead atoms. The molecule has 1 aliphatic carbocycles. The van der Waals surface area contributed by atoms with Crippen molar-refractivity contribution in [1.82, 2.24) is 4.98 Å². The number of carboxylic acids is 1. The molecule has 186 valence electrons. The second kappa shape index (κ2) is 12.1. The molecule has 1 aliphatic rings. The van der Waals surface area contributed by atoms with Gasteiger partial charge in [0, 0.05) is 24.7 Å². The molecule has 6 heteroatoms. The summed E-state index contributed by atoms with van der Waals surface area (Å²) >= 11 is 0. The SMILES string of the molecule is Cc1ccc(-c2nc(COCCCOCc3cccc(C)c3C(=O)O)c(C3CCCCC3)o2)cc1. The van der Waals surface area contributed by atoms with Crippen LogP contribution in [-0.4, -0.2) is 29.3 Å². The van der Waals surface area contributed by atoms with Gasteiger partial charge in [0.15, 0.2) is 0 Å². The van der Waals surface area contributed by atoms with Crippen molar-refractivity contribution in [2.75, 3.05) is 13.2 Å². The zero-order valence-electron chi connectivity index (χ0n) is 20.7. The molecule has 0 aliphatic heterocycles. The predicted molar refractivity (Wildman–Crippen MR) is 135 cm³/mol. The van der Waals surface area contributed by atoms with E-state index in [4.69, 9.17) is 18.9 Å². The number of hydrogen-bond donors (Lipinski definition) is 1. The summed E-state index contributed by atoms with van der Waals surface area (Å²) in [6.07, 6.45) is 6.75. The van der Waals surface area contributed by atoms with Crippen LogP contribution in [-0.2, 0) is 22.7 Å². The zero-order valence-corrected chi connectivity index (χ0v) is 20.7. The van der Waals surface area contributed by atoms with Crippen molar-refractivity contribution in [3.63, 3.8) is 0 Å². The summed E-state index contributed by atoms with van der Waals surface area (Å²) in [6, 6.07) is 13.7. The van der Waals surface area contributed by atoms with Crippen molar-refractivity contribution in [2.45, 2.75) is 71.5 Å². The molecular formula is C29H35NO5. The van der Waals surface area contributed by atoms with Crippen LogP contribution in [0.3, 0.4) is 0 Å². The topological polar surface area (TPSA) is 81.8 Å². The third-order valence-corrected chi connectivity index (χ3v) is 6.65. The van der Waals surface area contributed by atoms with Gasteiger partial charge in [0.05, 0.1) is 18.8 Å². The summed E-state index contributed by atoms with van der Waals surface area (Å²) in [5, 5.41) is 9.44. The quantitative estimate of drug-likeness (QED) is 0.305. The van der Waals surface area contributed by atoms with E-state index in [1.54, 1.807) is 19.1 Å². The van der Waals surface area contributed by atoms with Gasteiger partial charge in [0.25, 0.3) is 0 Å². The number of aryl methyl sites for hydroxylation is 2. The van der Waals surface area contributed by atoms with Crippen LogP contribution in [0, 0.1) is 13.8 Å². The average molecular weight is 478 g/mol. The Hall–Kier alpha value is -2.96. The molecule has 0 unspecified atom stereocenters. The van der Waals surface area contributed by atoms with Gasteiger partial charge in [-0.3, -0.25) is 0 Å². The number of aromatic nitrogens is 1. The first-order chi connectivity index (χ1) is 17.0. The second-order valence-electron chi connectivity index (χ2n) is 9.40. The minimum Gasteiger partial charge on any atom is -0.478 e. The van der Waals surface area contributed by atoms with Crippen LogP contribution in [0.4, 0.5) is 0 Å². The molecule has 0 atom stereocenters. The highest BCUT2D eigenvalue weighted by Crippen LogP contribution is 2.37. The van der Waals surface area contributed by atoms with Crippen molar-refractivity contribution in [3.05, 3.63) is 76.2 Å². The lowest BCUT2D eigenvalue weighted by atomic mass is 9.87. The third-order valence-electron chi connectivity index (χ3n) is 6.65. The smallest absolute Gasteiger partial charge is 0.336 e. The van der Waals surface area contributed by atoms with Crippen molar-refractivity contribution in [2.24, 2.45) is 0 Å². The van der Waals surface area contributed by atoms with Crippen molar-refractivity contribution >= 4 is 5.97 Å². The Bertz CT molecular complexity index is 1110. The van der Waals surface area contributed by atoms with E-state index < -0.39 is 5.97 Å². The Morgan fingerprint density at radius 2 is 1.71 bits per heavy atom. The van der Waals surface area contributed by atoms with Crippen molar-refractivity contribution in [3.8, 4) is 11.5 Å². The molecule has 0 spiro atoms. The molecular weight excluding hydrogens is 442 g/mol. The minimum absolute atomic E-state index is 0.276. The molecule has 6 nitrogen and oxygen atoms in total. The number of benzene rings is 2. The maximum atomic E-state index is 11.5. The molecule has 0 amide bonds. The lowest BCUT2D eigenvalue weighted by Crippen LogP contribution is -2.09. The summed E-state index contributed by atoms with van der Waals surface area (Å²) in [7, 11) is 0. The number of carbonyl (C=O) groups is 1. The standard InChI is InChI=1S/C29H35NO5/c1-20-12-14-23(15-13-20)28-30-25(27(35-28)22-9-4-3-5-10-22)19-34-17-7-16-33-18-24-11-6-8-21(2)26(24)29(31)32/h6,8,11-15,22H,3-5,7,9-10,16-19H2,1-2H3,(H,31,32). The minimum atomic E-state index is -0.920. The van der Waals surface area contributed by atoms with Crippen LogP contribution in [0.15, 0.2) is 46.9 Å². The lowest BCUT2D eigenvalue weighted by Gasteiger charge is -2.20. The van der Waals surface area contributed by atoms with Gasteiger partial charge < -0.3 is 19.0 Å². The van der Waals surface area contributed by atoms with Crippen LogP contribution in [0.5, 0.6) is 0 Å². The Kier molecular flexibility index (Phi) is 8.72. The molecule has 35 heavy (non-hydrogen) atoms. The fourth-order valence-corrected chi connectivity index (χ4v) is 4.74. The van der Waals surface area contributed by atoms with Crippen molar-refractivity contribution < 1.29 is 23.8 Å². The Morgan fingerprint density at radius 1 is 1.00 bits per heavy atom. The monoisotopic (exact) mass is 477 g/mol. The largest absolute Gasteiger partial charge is 0.478 e. The van der Waals surface area contributed by atoms with Crippen LogP contribution in [0.25, 0.3) is 11.5 Å². The van der Waals surface area contributed by atoms with Gasteiger partial charge in [0.1, 0.15) is 11.5 Å². The average Bonchev–Trinajstić information content (AvgIpc) is 3.28. The first-order valence-electron chi connectivity index (χ1n) is 12.6.